The molecule has 0 radical (unpaired) electrons. The highest BCUT2D eigenvalue weighted by atomic mass is 32.2. The van der Waals surface area contributed by atoms with Gasteiger partial charge in [-0.05, 0) is 18.1 Å². The maximum Gasteiger partial charge on any atom is 0.240 e. The Kier molecular flexibility index (Phi) is 2.19. The third-order valence-corrected chi connectivity index (χ3v) is 5.49. The molecule has 2 heterocycles. The van der Waals surface area contributed by atoms with Crippen LogP contribution in [0, 0.1) is 0 Å². The molecule has 86 valence electrons. The quantitative estimate of drug-likeness (QED) is 0.809. The van der Waals surface area contributed by atoms with Crippen LogP contribution in [0.25, 0.3) is 0 Å². The minimum absolute atomic E-state index is 0.237. The van der Waals surface area contributed by atoms with Crippen LogP contribution in [0.5, 0.6) is 0 Å². The molecule has 1 saturated heterocycles. The fourth-order valence-corrected chi connectivity index (χ4v) is 4.04. The van der Waals surface area contributed by atoms with Gasteiger partial charge in [-0.1, -0.05) is 18.2 Å². The number of hydrogen-bond donors (Lipinski definition) is 1. The fourth-order valence-electron chi connectivity index (χ4n) is 2.23. The lowest BCUT2D eigenvalue weighted by atomic mass is 10.2. The molecule has 0 aliphatic carbocycles. The lowest BCUT2D eigenvalue weighted by molar-refractivity contribution is 0.493. The summed E-state index contributed by atoms with van der Waals surface area (Å²) in [7, 11) is -3.14. The molecule has 2 aliphatic heterocycles. The van der Waals surface area contributed by atoms with E-state index in [2.05, 4.69) is 5.32 Å². The summed E-state index contributed by atoms with van der Waals surface area (Å²) >= 11 is 0. The normalized spacial score (nSPS) is 20.6. The van der Waals surface area contributed by atoms with E-state index in [1.165, 1.54) is 0 Å². The van der Waals surface area contributed by atoms with Crippen molar-refractivity contribution in [1.29, 1.82) is 0 Å². The van der Waals surface area contributed by atoms with Crippen LogP contribution in [0.3, 0.4) is 0 Å². The summed E-state index contributed by atoms with van der Waals surface area (Å²) in [6, 6.07) is 7.75. The highest BCUT2D eigenvalue weighted by Crippen LogP contribution is 2.31. The molecule has 1 aromatic rings. The molecule has 1 aromatic carbocycles. The van der Waals surface area contributed by atoms with Gasteiger partial charge >= 0.3 is 0 Å². The predicted octanol–water partition coefficient (Wildman–Crippen LogP) is 0.351. The van der Waals surface area contributed by atoms with Crippen LogP contribution in [0.4, 0.5) is 5.69 Å². The van der Waals surface area contributed by atoms with Gasteiger partial charge in [0.1, 0.15) is 5.25 Å². The van der Waals surface area contributed by atoms with Gasteiger partial charge in [0.2, 0.25) is 10.0 Å². The van der Waals surface area contributed by atoms with Gasteiger partial charge in [-0.25, -0.2) is 8.42 Å². The molecule has 5 heteroatoms. The first kappa shape index (κ1) is 10.1. The highest BCUT2D eigenvalue weighted by Gasteiger charge is 2.38. The van der Waals surface area contributed by atoms with E-state index in [-0.39, 0.29) is 5.25 Å². The maximum absolute atomic E-state index is 12.3. The second-order valence-electron chi connectivity index (χ2n) is 4.28. The summed E-state index contributed by atoms with van der Waals surface area (Å²) in [6.45, 7) is 1.76. The molecule has 1 N–H and O–H groups in total. The molecule has 0 amide bonds. The zero-order valence-electron chi connectivity index (χ0n) is 8.89. The van der Waals surface area contributed by atoms with Crippen LogP contribution >= 0.6 is 0 Å². The monoisotopic (exact) mass is 238 g/mol. The van der Waals surface area contributed by atoms with Crippen molar-refractivity contribution in [3.8, 4) is 0 Å². The standard InChI is InChI=1S/C11H14N2O2S/c14-16(15,10-7-12-8-10)13-6-5-9-3-1-2-4-11(9)13/h1-4,10,12H,5-8H2. The van der Waals surface area contributed by atoms with Crippen LogP contribution in [0.15, 0.2) is 24.3 Å². The van der Waals surface area contributed by atoms with Crippen LogP contribution in [0.1, 0.15) is 5.56 Å². The van der Waals surface area contributed by atoms with Crippen LogP contribution in [0.2, 0.25) is 0 Å². The predicted molar refractivity (Wildman–Crippen MR) is 63.1 cm³/mol. The Morgan fingerprint density at radius 2 is 2.00 bits per heavy atom. The number of fused-ring (bicyclic) bond motifs is 1. The van der Waals surface area contributed by atoms with Crippen molar-refractivity contribution in [3.05, 3.63) is 29.8 Å². The average molecular weight is 238 g/mol. The number of nitrogens with zero attached hydrogens (tertiary/aromatic N) is 1. The molecule has 0 aromatic heterocycles. The molecule has 0 spiro atoms. The van der Waals surface area contributed by atoms with Gasteiger partial charge in [-0.15, -0.1) is 0 Å². The van der Waals surface area contributed by atoms with Crippen molar-refractivity contribution < 1.29 is 8.42 Å². The molecule has 0 bridgehead atoms. The van der Waals surface area contributed by atoms with Gasteiger partial charge in [0.25, 0.3) is 0 Å². The molecule has 0 atom stereocenters. The van der Waals surface area contributed by atoms with Gasteiger partial charge in [0.15, 0.2) is 0 Å². The average Bonchev–Trinajstić information content (AvgIpc) is 2.57. The second-order valence-corrected chi connectivity index (χ2v) is 6.41. The minimum Gasteiger partial charge on any atom is -0.314 e. The molecular weight excluding hydrogens is 224 g/mol. The Balaban J connectivity index is 1.98. The Bertz CT molecular complexity index is 508. The van der Waals surface area contributed by atoms with E-state index < -0.39 is 10.0 Å². The van der Waals surface area contributed by atoms with Crippen molar-refractivity contribution >= 4 is 15.7 Å². The number of hydrogen-bond acceptors (Lipinski definition) is 3. The summed E-state index contributed by atoms with van der Waals surface area (Å²) in [5.74, 6) is 0. The van der Waals surface area contributed by atoms with Gasteiger partial charge in [0.05, 0.1) is 5.69 Å². The zero-order chi connectivity index (χ0) is 11.2. The van der Waals surface area contributed by atoms with Crippen molar-refractivity contribution in [3.63, 3.8) is 0 Å². The molecule has 16 heavy (non-hydrogen) atoms. The Hall–Kier alpha value is -1.07. The van der Waals surface area contributed by atoms with Crippen molar-refractivity contribution in [2.45, 2.75) is 11.7 Å². The molecule has 1 fully saturated rings. The topological polar surface area (TPSA) is 49.4 Å². The number of benzene rings is 1. The third kappa shape index (κ3) is 1.35. The third-order valence-electron chi connectivity index (χ3n) is 3.32. The molecule has 4 nitrogen and oxygen atoms in total. The van der Waals surface area contributed by atoms with Crippen LogP contribution in [-0.2, 0) is 16.4 Å². The van der Waals surface area contributed by atoms with Gasteiger partial charge in [-0.2, -0.15) is 0 Å². The molecular formula is C11H14N2O2S. The molecule has 0 saturated carbocycles. The second kappa shape index (κ2) is 3.46. The lowest BCUT2D eigenvalue weighted by Gasteiger charge is -2.32. The maximum atomic E-state index is 12.3. The van der Waals surface area contributed by atoms with E-state index in [1.807, 2.05) is 24.3 Å². The van der Waals surface area contributed by atoms with Crippen molar-refractivity contribution in [2.75, 3.05) is 23.9 Å². The number of para-hydroxylation sites is 1. The van der Waals surface area contributed by atoms with E-state index >= 15 is 0 Å². The van der Waals surface area contributed by atoms with Crippen LogP contribution < -0.4 is 9.62 Å². The van der Waals surface area contributed by atoms with Crippen molar-refractivity contribution in [1.82, 2.24) is 5.32 Å². The smallest absolute Gasteiger partial charge is 0.240 e. The Morgan fingerprint density at radius 3 is 2.69 bits per heavy atom. The lowest BCUT2D eigenvalue weighted by Crippen LogP contribution is -2.55. The summed E-state index contributed by atoms with van der Waals surface area (Å²) in [6.07, 6.45) is 0.829. The summed E-state index contributed by atoms with van der Waals surface area (Å²) < 4.78 is 26.1. The summed E-state index contributed by atoms with van der Waals surface area (Å²) in [5, 5.41) is 2.77. The van der Waals surface area contributed by atoms with E-state index in [9.17, 15) is 8.42 Å². The largest absolute Gasteiger partial charge is 0.314 e. The van der Waals surface area contributed by atoms with Gasteiger partial charge in [0, 0.05) is 19.6 Å². The first-order valence-corrected chi connectivity index (χ1v) is 7.00. The molecule has 3 rings (SSSR count). The van der Waals surface area contributed by atoms with E-state index in [0.29, 0.717) is 19.6 Å². The molecule has 2 aliphatic rings. The minimum atomic E-state index is -3.14. The zero-order valence-corrected chi connectivity index (χ0v) is 9.70. The number of nitrogens with one attached hydrogen (secondary N) is 1. The molecule has 0 unspecified atom stereocenters. The number of rotatable bonds is 2. The first-order chi connectivity index (χ1) is 7.69. The fraction of sp³-hybridized carbons (Fsp3) is 0.455. The van der Waals surface area contributed by atoms with Gasteiger partial charge in [-0.3, -0.25) is 4.31 Å². The Labute approximate surface area is 95.3 Å². The SMILES string of the molecule is O=S(=O)(C1CNC1)N1CCc2ccccc21. The summed E-state index contributed by atoms with van der Waals surface area (Å²) in [5.41, 5.74) is 2.01. The van der Waals surface area contributed by atoms with E-state index in [0.717, 1.165) is 17.7 Å². The van der Waals surface area contributed by atoms with Crippen LogP contribution in [-0.4, -0.2) is 33.3 Å². The van der Waals surface area contributed by atoms with Crippen molar-refractivity contribution in [2.24, 2.45) is 0 Å². The Morgan fingerprint density at radius 1 is 1.25 bits per heavy atom. The van der Waals surface area contributed by atoms with Gasteiger partial charge < -0.3 is 5.32 Å². The van der Waals surface area contributed by atoms with E-state index in [1.54, 1.807) is 4.31 Å². The summed E-state index contributed by atoms with van der Waals surface area (Å²) in [4.78, 5) is 0. The first-order valence-electron chi connectivity index (χ1n) is 5.50. The number of anilines is 1. The highest BCUT2D eigenvalue weighted by molar-refractivity contribution is 7.93. The van der Waals surface area contributed by atoms with E-state index in [4.69, 9.17) is 0 Å². The number of sulfonamides is 1.